The second-order valence-electron chi connectivity index (χ2n) is 7.54. The predicted octanol–water partition coefficient (Wildman–Crippen LogP) is 4.59. The number of nitrogens with one attached hydrogen (secondary N) is 1. The second-order valence-corrected chi connectivity index (χ2v) is 7.54. The number of nitrogens with zero attached hydrogens (tertiary/aromatic N) is 2. The van der Waals surface area contributed by atoms with E-state index in [0.717, 1.165) is 23.5 Å². The quantitative estimate of drug-likeness (QED) is 0.790. The summed E-state index contributed by atoms with van der Waals surface area (Å²) in [7, 11) is 0. The van der Waals surface area contributed by atoms with Gasteiger partial charge in [-0.2, -0.15) is 13.2 Å². The number of hydrogen-bond acceptors (Lipinski definition) is 3. The molecule has 2 aromatic rings. The maximum absolute atomic E-state index is 12.7. The van der Waals surface area contributed by atoms with E-state index in [1.54, 1.807) is 4.90 Å². The highest BCUT2D eigenvalue weighted by Crippen LogP contribution is 2.30. The molecule has 1 amide bonds. The van der Waals surface area contributed by atoms with Gasteiger partial charge in [-0.15, -0.1) is 0 Å². The Morgan fingerprint density at radius 3 is 2.07 bits per heavy atom. The summed E-state index contributed by atoms with van der Waals surface area (Å²) in [5, 5.41) is 3.16. The Kier molecular flexibility index (Phi) is 6.35. The Bertz CT molecular complexity index is 809. The predicted molar refractivity (Wildman–Crippen MR) is 109 cm³/mol. The number of halogens is 3. The second kappa shape index (κ2) is 8.76. The first-order valence-electron chi connectivity index (χ1n) is 9.78. The highest BCUT2D eigenvalue weighted by Gasteiger charge is 2.30. The lowest BCUT2D eigenvalue weighted by atomic mass is 10.0. The molecular formula is C22H26F3N3O. The topological polar surface area (TPSA) is 35.6 Å². The van der Waals surface area contributed by atoms with Crippen molar-refractivity contribution in [2.45, 2.75) is 25.9 Å². The number of amides is 1. The van der Waals surface area contributed by atoms with E-state index in [0.29, 0.717) is 32.1 Å². The van der Waals surface area contributed by atoms with Crippen LogP contribution in [0.4, 0.5) is 24.5 Å². The molecule has 1 fully saturated rings. The zero-order valence-corrected chi connectivity index (χ0v) is 16.7. The van der Waals surface area contributed by atoms with Crippen LogP contribution in [0, 0.1) is 0 Å². The molecule has 1 N–H and O–H groups in total. The Balaban J connectivity index is 1.48. The SMILES string of the molecule is CC(C)c1ccc(NCC(=O)N2CCN(c3ccc(C(F)(F)F)cc3)CC2)cc1. The molecule has 7 heteroatoms. The van der Waals surface area contributed by atoms with E-state index in [1.807, 2.05) is 17.0 Å². The lowest BCUT2D eigenvalue weighted by molar-refractivity contribution is -0.137. The highest BCUT2D eigenvalue weighted by molar-refractivity contribution is 5.81. The molecule has 0 spiro atoms. The van der Waals surface area contributed by atoms with Crippen molar-refractivity contribution in [2.75, 3.05) is 42.9 Å². The van der Waals surface area contributed by atoms with Crippen molar-refractivity contribution in [3.05, 3.63) is 59.7 Å². The van der Waals surface area contributed by atoms with Crippen LogP contribution < -0.4 is 10.2 Å². The molecule has 0 saturated carbocycles. The molecule has 0 aliphatic carbocycles. The van der Waals surface area contributed by atoms with Gasteiger partial charge >= 0.3 is 6.18 Å². The van der Waals surface area contributed by atoms with E-state index in [9.17, 15) is 18.0 Å². The van der Waals surface area contributed by atoms with Crippen molar-refractivity contribution >= 4 is 17.3 Å². The Morgan fingerprint density at radius 2 is 1.55 bits per heavy atom. The molecule has 1 saturated heterocycles. The lowest BCUT2D eigenvalue weighted by Crippen LogP contribution is -2.50. The van der Waals surface area contributed by atoms with Crippen LogP contribution in [0.1, 0.15) is 30.9 Å². The third kappa shape index (κ3) is 5.43. The molecule has 1 heterocycles. The molecule has 0 radical (unpaired) electrons. The fourth-order valence-corrected chi connectivity index (χ4v) is 3.35. The van der Waals surface area contributed by atoms with Gasteiger partial charge in [-0.25, -0.2) is 0 Å². The number of carbonyl (C=O) groups is 1. The summed E-state index contributed by atoms with van der Waals surface area (Å²) < 4.78 is 38.1. The minimum Gasteiger partial charge on any atom is -0.376 e. The van der Waals surface area contributed by atoms with Gasteiger partial charge in [0.15, 0.2) is 0 Å². The summed E-state index contributed by atoms with van der Waals surface area (Å²) in [5.74, 6) is 0.483. The fourth-order valence-electron chi connectivity index (χ4n) is 3.35. The first-order chi connectivity index (χ1) is 13.7. The Hall–Kier alpha value is -2.70. The Labute approximate surface area is 169 Å². The van der Waals surface area contributed by atoms with E-state index >= 15 is 0 Å². The number of alkyl halides is 3. The van der Waals surface area contributed by atoms with Gasteiger partial charge in [0, 0.05) is 37.6 Å². The summed E-state index contributed by atoms with van der Waals surface area (Å²) >= 11 is 0. The zero-order valence-electron chi connectivity index (χ0n) is 16.7. The number of hydrogen-bond donors (Lipinski definition) is 1. The molecule has 29 heavy (non-hydrogen) atoms. The zero-order chi connectivity index (χ0) is 21.0. The number of benzene rings is 2. The summed E-state index contributed by atoms with van der Waals surface area (Å²) in [6, 6.07) is 13.2. The van der Waals surface area contributed by atoms with E-state index in [4.69, 9.17) is 0 Å². The first-order valence-corrected chi connectivity index (χ1v) is 9.78. The van der Waals surface area contributed by atoms with Gasteiger partial charge in [0.25, 0.3) is 0 Å². The van der Waals surface area contributed by atoms with Crippen LogP contribution in [-0.2, 0) is 11.0 Å². The first kappa shape index (κ1) is 21.0. The average molecular weight is 405 g/mol. The van der Waals surface area contributed by atoms with Crippen molar-refractivity contribution in [2.24, 2.45) is 0 Å². The third-order valence-electron chi connectivity index (χ3n) is 5.21. The molecular weight excluding hydrogens is 379 g/mol. The van der Waals surface area contributed by atoms with Gasteiger partial charge in [-0.3, -0.25) is 4.79 Å². The molecule has 2 aromatic carbocycles. The molecule has 0 unspecified atom stereocenters. The maximum Gasteiger partial charge on any atom is 0.416 e. The number of piperazine rings is 1. The van der Waals surface area contributed by atoms with Crippen LogP contribution >= 0.6 is 0 Å². The molecule has 0 atom stereocenters. The molecule has 1 aliphatic heterocycles. The molecule has 3 rings (SSSR count). The van der Waals surface area contributed by atoms with Crippen LogP contribution in [0.2, 0.25) is 0 Å². The minimum absolute atomic E-state index is 0.0185. The van der Waals surface area contributed by atoms with Crippen LogP contribution in [0.3, 0.4) is 0 Å². The van der Waals surface area contributed by atoms with Crippen LogP contribution in [0.15, 0.2) is 48.5 Å². The third-order valence-corrected chi connectivity index (χ3v) is 5.21. The molecule has 4 nitrogen and oxygen atoms in total. The van der Waals surface area contributed by atoms with Gasteiger partial charge in [-0.1, -0.05) is 26.0 Å². The van der Waals surface area contributed by atoms with Crippen LogP contribution in [0.5, 0.6) is 0 Å². The van der Waals surface area contributed by atoms with Gasteiger partial charge < -0.3 is 15.1 Å². The van der Waals surface area contributed by atoms with Crippen molar-refractivity contribution in [3.63, 3.8) is 0 Å². The maximum atomic E-state index is 12.7. The number of anilines is 2. The van der Waals surface area contributed by atoms with Crippen molar-refractivity contribution < 1.29 is 18.0 Å². The van der Waals surface area contributed by atoms with Gasteiger partial charge in [-0.05, 0) is 47.9 Å². The van der Waals surface area contributed by atoms with Crippen LogP contribution in [0.25, 0.3) is 0 Å². The largest absolute Gasteiger partial charge is 0.416 e. The van der Waals surface area contributed by atoms with E-state index < -0.39 is 11.7 Å². The van der Waals surface area contributed by atoms with E-state index in [2.05, 4.69) is 31.3 Å². The molecule has 0 bridgehead atoms. The number of rotatable bonds is 5. The average Bonchev–Trinajstić information content (AvgIpc) is 2.72. The van der Waals surface area contributed by atoms with E-state index in [1.165, 1.54) is 17.7 Å². The Morgan fingerprint density at radius 1 is 0.966 bits per heavy atom. The lowest BCUT2D eigenvalue weighted by Gasteiger charge is -2.36. The summed E-state index contributed by atoms with van der Waals surface area (Å²) in [6.07, 6.45) is -4.33. The summed E-state index contributed by atoms with van der Waals surface area (Å²) in [5.41, 5.74) is 2.25. The van der Waals surface area contributed by atoms with Gasteiger partial charge in [0.1, 0.15) is 0 Å². The van der Waals surface area contributed by atoms with Gasteiger partial charge in [0.05, 0.1) is 12.1 Å². The molecule has 1 aliphatic rings. The molecule has 156 valence electrons. The van der Waals surface area contributed by atoms with Crippen molar-refractivity contribution in [3.8, 4) is 0 Å². The minimum atomic E-state index is -4.33. The number of carbonyl (C=O) groups excluding carboxylic acids is 1. The monoisotopic (exact) mass is 405 g/mol. The summed E-state index contributed by atoms with van der Waals surface area (Å²) in [4.78, 5) is 16.3. The fraction of sp³-hybridized carbons (Fsp3) is 0.409. The smallest absolute Gasteiger partial charge is 0.376 e. The highest BCUT2D eigenvalue weighted by atomic mass is 19.4. The normalized spacial score (nSPS) is 15.0. The van der Waals surface area contributed by atoms with Crippen LogP contribution in [-0.4, -0.2) is 43.5 Å². The standard InChI is InChI=1S/C22H26F3N3O/c1-16(2)17-3-7-19(8-4-17)26-15-21(29)28-13-11-27(12-14-28)20-9-5-18(6-10-20)22(23,24)25/h3-10,16,26H,11-15H2,1-2H3. The van der Waals surface area contributed by atoms with E-state index in [-0.39, 0.29) is 12.5 Å². The van der Waals surface area contributed by atoms with Gasteiger partial charge in [0.2, 0.25) is 5.91 Å². The van der Waals surface area contributed by atoms with Crippen molar-refractivity contribution in [1.29, 1.82) is 0 Å². The summed E-state index contributed by atoms with van der Waals surface area (Å²) in [6.45, 7) is 6.79. The molecule has 0 aromatic heterocycles. The van der Waals surface area contributed by atoms with Crippen molar-refractivity contribution in [1.82, 2.24) is 4.90 Å².